The first-order chi connectivity index (χ1) is 8.84. The molecule has 0 amide bonds. The van der Waals surface area contributed by atoms with E-state index in [0.717, 1.165) is 11.2 Å². The van der Waals surface area contributed by atoms with Crippen molar-refractivity contribution in [3.8, 4) is 0 Å². The summed E-state index contributed by atoms with van der Waals surface area (Å²) in [6.07, 6.45) is 0. The monoisotopic (exact) mass is 344 g/mol. The summed E-state index contributed by atoms with van der Waals surface area (Å²) in [5.74, 6) is 0. The summed E-state index contributed by atoms with van der Waals surface area (Å²) in [6.45, 7) is 0. The maximum atomic E-state index is 4.73. The van der Waals surface area contributed by atoms with Gasteiger partial charge in [0.1, 0.15) is 5.65 Å². The van der Waals surface area contributed by atoms with Gasteiger partial charge in [0.05, 0.1) is 14.7 Å². The minimum Gasteiger partial charge on any atom is -0.288 e. The summed E-state index contributed by atoms with van der Waals surface area (Å²) in [4.78, 5) is 4.73. The molecule has 0 saturated heterocycles. The first kappa shape index (κ1) is 10.3. The molecule has 0 saturated carbocycles. The number of hydrogen-bond acceptors (Lipinski definition) is 1. The molecule has 0 aliphatic carbocycles. The standard InChI is InChI=1S/C15H9IN2/c16-15-11-6-2-3-7-12(11)17-14-9-10-5-1-4-8-13(10)18(14)15/h1-9H. The van der Waals surface area contributed by atoms with Gasteiger partial charge < -0.3 is 0 Å². The van der Waals surface area contributed by atoms with Crippen LogP contribution in [0.1, 0.15) is 0 Å². The quantitative estimate of drug-likeness (QED) is 0.344. The van der Waals surface area contributed by atoms with Crippen molar-refractivity contribution >= 4 is 50.0 Å². The van der Waals surface area contributed by atoms with Crippen molar-refractivity contribution in [2.24, 2.45) is 0 Å². The van der Waals surface area contributed by atoms with Gasteiger partial charge in [0, 0.05) is 10.8 Å². The molecule has 0 bridgehead atoms. The molecule has 0 aliphatic rings. The molecule has 3 heteroatoms. The van der Waals surface area contributed by atoms with Crippen LogP contribution in [0.4, 0.5) is 0 Å². The van der Waals surface area contributed by atoms with Gasteiger partial charge in [-0.25, -0.2) is 4.98 Å². The highest BCUT2D eigenvalue weighted by atomic mass is 127. The summed E-state index contributed by atoms with van der Waals surface area (Å²) < 4.78 is 3.44. The Labute approximate surface area is 117 Å². The Balaban J connectivity index is 2.34. The highest BCUT2D eigenvalue weighted by Crippen LogP contribution is 2.26. The topological polar surface area (TPSA) is 17.3 Å². The second-order valence-corrected chi connectivity index (χ2v) is 5.34. The lowest BCUT2D eigenvalue weighted by molar-refractivity contribution is 1.17. The number of fused-ring (bicyclic) bond motifs is 4. The van der Waals surface area contributed by atoms with Gasteiger partial charge in [-0.3, -0.25) is 4.40 Å². The highest BCUT2D eigenvalue weighted by Gasteiger charge is 2.09. The Morgan fingerprint density at radius 2 is 1.72 bits per heavy atom. The SMILES string of the molecule is Ic1c2ccccc2nc2cc3ccccc3n12. The van der Waals surface area contributed by atoms with Crippen molar-refractivity contribution in [2.75, 3.05) is 0 Å². The van der Waals surface area contributed by atoms with E-state index in [2.05, 4.69) is 75.5 Å². The second kappa shape index (κ2) is 3.68. The molecule has 0 N–H and O–H groups in total. The maximum Gasteiger partial charge on any atom is 0.139 e. The average Bonchev–Trinajstić information content (AvgIpc) is 2.77. The summed E-state index contributed by atoms with van der Waals surface area (Å²) in [5, 5.41) is 2.44. The van der Waals surface area contributed by atoms with E-state index >= 15 is 0 Å². The molecular formula is C15H9IN2. The fourth-order valence-electron chi connectivity index (χ4n) is 2.42. The smallest absolute Gasteiger partial charge is 0.139 e. The van der Waals surface area contributed by atoms with Crippen LogP contribution >= 0.6 is 22.6 Å². The molecule has 0 fully saturated rings. The molecule has 0 unspecified atom stereocenters. The van der Waals surface area contributed by atoms with E-state index < -0.39 is 0 Å². The molecule has 0 aliphatic heterocycles. The van der Waals surface area contributed by atoms with E-state index in [-0.39, 0.29) is 0 Å². The van der Waals surface area contributed by atoms with Crippen molar-refractivity contribution in [2.45, 2.75) is 0 Å². The van der Waals surface area contributed by atoms with Gasteiger partial charge in [-0.2, -0.15) is 0 Å². The van der Waals surface area contributed by atoms with Crippen LogP contribution in [0.25, 0.3) is 27.5 Å². The molecule has 86 valence electrons. The van der Waals surface area contributed by atoms with E-state index in [9.17, 15) is 0 Å². The van der Waals surface area contributed by atoms with Crippen LogP contribution in [-0.4, -0.2) is 9.38 Å². The first-order valence-electron chi connectivity index (χ1n) is 5.79. The van der Waals surface area contributed by atoms with Crippen LogP contribution < -0.4 is 0 Å². The van der Waals surface area contributed by atoms with Gasteiger partial charge >= 0.3 is 0 Å². The normalized spacial score (nSPS) is 11.6. The molecule has 0 atom stereocenters. The largest absolute Gasteiger partial charge is 0.288 e. The number of aromatic nitrogens is 2. The Morgan fingerprint density at radius 1 is 0.944 bits per heavy atom. The Bertz CT molecular complexity index is 893. The van der Waals surface area contributed by atoms with Crippen LogP contribution in [0.15, 0.2) is 54.6 Å². The lowest BCUT2D eigenvalue weighted by Crippen LogP contribution is -1.95. The van der Waals surface area contributed by atoms with Gasteiger partial charge in [0.15, 0.2) is 0 Å². The van der Waals surface area contributed by atoms with Crippen LogP contribution in [0.5, 0.6) is 0 Å². The minimum atomic E-state index is 1.01. The summed E-state index contributed by atoms with van der Waals surface area (Å²) >= 11 is 2.40. The fraction of sp³-hybridized carbons (Fsp3) is 0. The van der Waals surface area contributed by atoms with E-state index in [1.807, 2.05) is 6.07 Å². The van der Waals surface area contributed by atoms with Crippen molar-refractivity contribution in [1.82, 2.24) is 9.38 Å². The van der Waals surface area contributed by atoms with E-state index in [1.165, 1.54) is 20.0 Å². The minimum absolute atomic E-state index is 1.01. The van der Waals surface area contributed by atoms with Crippen LogP contribution in [-0.2, 0) is 0 Å². The van der Waals surface area contributed by atoms with Crippen molar-refractivity contribution in [1.29, 1.82) is 0 Å². The first-order valence-corrected chi connectivity index (χ1v) is 6.87. The number of halogens is 1. The second-order valence-electron chi connectivity index (χ2n) is 4.32. The lowest BCUT2D eigenvalue weighted by atomic mass is 10.2. The Hall–Kier alpha value is -1.62. The van der Waals surface area contributed by atoms with Gasteiger partial charge in [-0.15, -0.1) is 0 Å². The zero-order valence-electron chi connectivity index (χ0n) is 9.47. The zero-order valence-corrected chi connectivity index (χ0v) is 11.6. The van der Waals surface area contributed by atoms with Gasteiger partial charge in [0.25, 0.3) is 0 Å². The van der Waals surface area contributed by atoms with Gasteiger partial charge in [-0.1, -0.05) is 36.4 Å². The molecule has 4 aromatic rings. The molecule has 2 aromatic heterocycles. The van der Waals surface area contributed by atoms with E-state index in [0.29, 0.717) is 0 Å². The van der Waals surface area contributed by atoms with Crippen molar-refractivity contribution < 1.29 is 0 Å². The molecular weight excluding hydrogens is 335 g/mol. The molecule has 2 aromatic carbocycles. The predicted molar refractivity (Wildman–Crippen MR) is 82.9 cm³/mol. The lowest BCUT2D eigenvalue weighted by Gasteiger charge is -2.05. The molecule has 0 radical (unpaired) electrons. The number of rotatable bonds is 0. The van der Waals surface area contributed by atoms with Crippen molar-refractivity contribution in [3.63, 3.8) is 0 Å². The predicted octanol–water partition coefficient (Wildman–Crippen LogP) is 4.25. The van der Waals surface area contributed by atoms with Gasteiger partial charge in [0.2, 0.25) is 0 Å². The molecule has 0 spiro atoms. The highest BCUT2D eigenvalue weighted by molar-refractivity contribution is 14.1. The van der Waals surface area contributed by atoms with Crippen LogP contribution in [0, 0.1) is 3.70 Å². The summed E-state index contributed by atoms with van der Waals surface area (Å²) in [7, 11) is 0. The van der Waals surface area contributed by atoms with Crippen LogP contribution in [0.2, 0.25) is 0 Å². The van der Waals surface area contributed by atoms with Crippen LogP contribution in [0.3, 0.4) is 0 Å². The molecule has 4 rings (SSSR count). The zero-order chi connectivity index (χ0) is 12.1. The molecule has 2 nitrogen and oxygen atoms in total. The summed E-state index contributed by atoms with van der Waals surface area (Å²) in [5.41, 5.74) is 3.28. The van der Waals surface area contributed by atoms with E-state index in [4.69, 9.17) is 4.98 Å². The Kier molecular flexibility index (Phi) is 2.11. The fourth-order valence-corrected chi connectivity index (χ4v) is 3.38. The third-order valence-electron chi connectivity index (χ3n) is 3.25. The maximum absolute atomic E-state index is 4.73. The average molecular weight is 344 g/mol. The Morgan fingerprint density at radius 3 is 2.67 bits per heavy atom. The third-order valence-corrected chi connectivity index (χ3v) is 4.31. The number of benzene rings is 2. The molecule has 18 heavy (non-hydrogen) atoms. The summed E-state index contributed by atoms with van der Waals surface area (Å²) in [6, 6.07) is 18.8. The molecule has 2 heterocycles. The third kappa shape index (κ3) is 1.31. The number of para-hydroxylation sites is 2. The van der Waals surface area contributed by atoms with Crippen molar-refractivity contribution in [3.05, 3.63) is 58.3 Å². The van der Waals surface area contributed by atoms with E-state index in [1.54, 1.807) is 0 Å². The number of nitrogens with zero attached hydrogens (tertiary/aromatic N) is 2. The number of hydrogen-bond donors (Lipinski definition) is 0. The van der Waals surface area contributed by atoms with Gasteiger partial charge in [-0.05, 0) is 40.8 Å².